The molecule has 0 unspecified atom stereocenters. The van der Waals surface area contributed by atoms with Crippen LogP contribution in [0.2, 0.25) is 0 Å². The third-order valence-corrected chi connectivity index (χ3v) is 4.29. The molecule has 1 aliphatic rings. The van der Waals surface area contributed by atoms with Gasteiger partial charge >= 0.3 is 0 Å². The first-order valence-corrected chi connectivity index (χ1v) is 7.71. The molecule has 2 aromatic carbocycles. The maximum absolute atomic E-state index is 5.43. The third kappa shape index (κ3) is 3.09. The van der Waals surface area contributed by atoms with Crippen LogP contribution in [-0.2, 0) is 19.5 Å². The number of aryl methyl sites for hydroxylation is 1. The minimum atomic E-state index is 0.818. The SMILES string of the molecule is COc1cc2c(cc1OC)CN(Cc1cccc(C)c1)CC2. The maximum Gasteiger partial charge on any atom is 0.161 e. The summed E-state index contributed by atoms with van der Waals surface area (Å²) in [6.45, 7) is 5.18. The second kappa shape index (κ2) is 6.41. The molecule has 0 saturated heterocycles. The third-order valence-electron chi connectivity index (χ3n) is 4.29. The van der Waals surface area contributed by atoms with Crippen LogP contribution in [0.3, 0.4) is 0 Å². The van der Waals surface area contributed by atoms with Gasteiger partial charge in [-0.15, -0.1) is 0 Å². The zero-order chi connectivity index (χ0) is 15.5. The van der Waals surface area contributed by atoms with E-state index in [4.69, 9.17) is 9.47 Å². The Kier molecular flexibility index (Phi) is 4.34. The molecule has 0 N–H and O–H groups in total. The van der Waals surface area contributed by atoms with Crippen molar-refractivity contribution in [3.8, 4) is 11.5 Å². The average Bonchev–Trinajstić information content (AvgIpc) is 2.53. The molecule has 0 aromatic heterocycles. The van der Waals surface area contributed by atoms with Crippen LogP contribution >= 0.6 is 0 Å². The average molecular weight is 297 g/mol. The zero-order valence-corrected chi connectivity index (χ0v) is 13.6. The second-order valence-corrected chi connectivity index (χ2v) is 5.93. The highest BCUT2D eigenvalue weighted by Crippen LogP contribution is 2.33. The Labute approximate surface area is 132 Å². The summed E-state index contributed by atoms with van der Waals surface area (Å²) in [5.74, 6) is 1.65. The Bertz CT molecular complexity index is 666. The smallest absolute Gasteiger partial charge is 0.161 e. The standard InChI is InChI=1S/C19H23NO2/c1-14-5-4-6-15(9-14)12-20-8-7-16-10-18(21-2)19(22-3)11-17(16)13-20/h4-6,9-11H,7-8,12-13H2,1-3H3. The van der Waals surface area contributed by atoms with Crippen LogP contribution in [0.5, 0.6) is 11.5 Å². The number of rotatable bonds is 4. The highest BCUT2D eigenvalue weighted by atomic mass is 16.5. The lowest BCUT2D eigenvalue weighted by Gasteiger charge is -2.29. The Hall–Kier alpha value is -2.00. The Balaban J connectivity index is 1.78. The fraction of sp³-hybridized carbons (Fsp3) is 0.368. The molecule has 116 valence electrons. The minimum absolute atomic E-state index is 0.818. The molecule has 1 heterocycles. The summed E-state index contributed by atoms with van der Waals surface area (Å²) < 4.78 is 10.8. The maximum atomic E-state index is 5.43. The fourth-order valence-corrected chi connectivity index (χ4v) is 3.15. The molecular formula is C19H23NO2. The van der Waals surface area contributed by atoms with Crippen molar-refractivity contribution in [2.45, 2.75) is 26.4 Å². The van der Waals surface area contributed by atoms with Crippen molar-refractivity contribution in [2.24, 2.45) is 0 Å². The molecule has 2 aromatic rings. The van der Waals surface area contributed by atoms with Crippen molar-refractivity contribution in [2.75, 3.05) is 20.8 Å². The molecule has 0 bridgehead atoms. The first kappa shape index (κ1) is 14.9. The van der Waals surface area contributed by atoms with E-state index in [1.165, 1.54) is 22.3 Å². The van der Waals surface area contributed by atoms with E-state index in [2.05, 4.69) is 48.2 Å². The van der Waals surface area contributed by atoms with Gasteiger partial charge in [-0.3, -0.25) is 4.90 Å². The molecule has 1 aliphatic heterocycles. The topological polar surface area (TPSA) is 21.7 Å². The van der Waals surface area contributed by atoms with E-state index in [1.54, 1.807) is 14.2 Å². The lowest BCUT2D eigenvalue weighted by Crippen LogP contribution is -2.30. The largest absolute Gasteiger partial charge is 0.493 e. The Morgan fingerprint density at radius 1 is 1.00 bits per heavy atom. The normalized spacial score (nSPS) is 14.5. The van der Waals surface area contributed by atoms with Gasteiger partial charge in [0.25, 0.3) is 0 Å². The molecule has 3 rings (SSSR count). The summed E-state index contributed by atoms with van der Waals surface area (Å²) in [6, 6.07) is 13.0. The number of fused-ring (bicyclic) bond motifs is 1. The number of hydrogen-bond donors (Lipinski definition) is 0. The predicted octanol–water partition coefficient (Wildman–Crippen LogP) is 3.57. The summed E-state index contributed by atoms with van der Waals surface area (Å²) in [4.78, 5) is 2.49. The molecule has 3 nitrogen and oxygen atoms in total. The molecule has 0 spiro atoms. The molecule has 0 radical (unpaired) electrons. The van der Waals surface area contributed by atoms with E-state index in [0.717, 1.165) is 37.6 Å². The van der Waals surface area contributed by atoms with E-state index < -0.39 is 0 Å². The van der Waals surface area contributed by atoms with E-state index in [0.29, 0.717) is 0 Å². The van der Waals surface area contributed by atoms with Gasteiger partial charge in [-0.25, -0.2) is 0 Å². The number of hydrogen-bond acceptors (Lipinski definition) is 3. The molecule has 22 heavy (non-hydrogen) atoms. The number of nitrogens with zero attached hydrogens (tertiary/aromatic N) is 1. The highest BCUT2D eigenvalue weighted by Gasteiger charge is 2.19. The quantitative estimate of drug-likeness (QED) is 0.861. The van der Waals surface area contributed by atoms with Gasteiger partial charge in [0.15, 0.2) is 11.5 Å². The number of methoxy groups -OCH3 is 2. The number of ether oxygens (including phenoxy) is 2. The van der Waals surface area contributed by atoms with Crippen LogP contribution in [0.4, 0.5) is 0 Å². The molecule has 0 aliphatic carbocycles. The zero-order valence-electron chi connectivity index (χ0n) is 13.6. The molecule has 0 fully saturated rings. The van der Waals surface area contributed by atoms with Crippen LogP contribution in [-0.4, -0.2) is 25.7 Å². The second-order valence-electron chi connectivity index (χ2n) is 5.93. The molecular weight excluding hydrogens is 274 g/mol. The Morgan fingerprint density at radius 2 is 1.73 bits per heavy atom. The van der Waals surface area contributed by atoms with Crippen LogP contribution in [0.25, 0.3) is 0 Å². The van der Waals surface area contributed by atoms with E-state index >= 15 is 0 Å². The van der Waals surface area contributed by atoms with Gasteiger partial charge in [0.1, 0.15) is 0 Å². The molecule has 0 amide bonds. The summed E-state index contributed by atoms with van der Waals surface area (Å²) >= 11 is 0. The summed E-state index contributed by atoms with van der Waals surface area (Å²) in [5, 5.41) is 0. The lowest BCUT2D eigenvalue weighted by molar-refractivity contribution is 0.244. The molecule has 0 atom stereocenters. The predicted molar refractivity (Wildman–Crippen MR) is 88.5 cm³/mol. The number of benzene rings is 2. The highest BCUT2D eigenvalue weighted by molar-refractivity contribution is 5.48. The van der Waals surface area contributed by atoms with Crippen LogP contribution in [0, 0.1) is 6.92 Å². The summed E-state index contributed by atoms with van der Waals surface area (Å²) in [5.41, 5.74) is 5.42. The fourth-order valence-electron chi connectivity index (χ4n) is 3.15. The van der Waals surface area contributed by atoms with E-state index in [1.807, 2.05) is 0 Å². The van der Waals surface area contributed by atoms with E-state index in [-0.39, 0.29) is 0 Å². The first-order chi connectivity index (χ1) is 10.7. The van der Waals surface area contributed by atoms with Crippen molar-refractivity contribution in [1.29, 1.82) is 0 Å². The summed E-state index contributed by atoms with van der Waals surface area (Å²) in [6.07, 6.45) is 1.06. The van der Waals surface area contributed by atoms with Crippen LogP contribution < -0.4 is 9.47 Å². The van der Waals surface area contributed by atoms with Crippen LogP contribution in [0.1, 0.15) is 22.3 Å². The molecule has 0 saturated carbocycles. The van der Waals surface area contributed by atoms with Gasteiger partial charge in [-0.05, 0) is 42.2 Å². The Morgan fingerprint density at radius 3 is 2.41 bits per heavy atom. The lowest BCUT2D eigenvalue weighted by atomic mass is 9.98. The van der Waals surface area contributed by atoms with Gasteiger partial charge in [0, 0.05) is 19.6 Å². The van der Waals surface area contributed by atoms with Gasteiger partial charge in [-0.2, -0.15) is 0 Å². The van der Waals surface area contributed by atoms with Crippen molar-refractivity contribution < 1.29 is 9.47 Å². The van der Waals surface area contributed by atoms with Gasteiger partial charge in [0.2, 0.25) is 0 Å². The van der Waals surface area contributed by atoms with Gasteiger partial charge < -0.3 is 9.47 Å². The van der Waals surface area contributed by atoms with Gasteiger partial charge in [0.05, 0.1) is 14.2 Å². The van der Waals surface area contributed by atoms with Crippen molar-refractivity contribution in [1.82, 2.24) is 4.90 Å². The van der Waals surface area contributed by atoms with Crippen molar-refractivity contribution in [3.63, 3.8) is 0 Å². The van der Waals surface area contributed by atoms with Crippen LogP contribution in [0.15, 0.2) is 36.4 Å². The van der Waals surface area contributed by atoms with Gasteiger partial charge in [-0.1, -0.05) is 29.8 Å². The molecule has 3 heteroatoms. The first-order valence-electron chi connectivity index (χ1n) is 7.71. The van der Waals surface area contributed by atoms with Crippen molar-refractivity contribution >= 4 is 0 Å². The monoisotopic (exact) mass is 297 g/mol. The minimum Gasteiger partial charge on any atom is -0.493 e. The van der Waals surface area contributed by atoms with Crippen molar-refractivity contribution in [3.05, 3.63) is 58.7 Å². The summed E-state index contributed by atoms with van der Waals surface area (Å²) in [7, 11) is 3.38. The van der Waals surface area contributed by atoms with E-state index in [9.17, 15) is 0 Å².